The summed E-state index contributed by atoms with van der Waals surface area (Å²) in [6.45, 7) is 3.77. The van der Waals surface area contributed by atoms with Crippen LogP contribution in [0.4, 0.5) is 0 Å². The van der Waals surface area contributed by atoms with E-state index in [1.165, 1.54) is 0 Å². The molecule has 2 N–H and O–H groups in total. The molecule has 0 fully saturated rings. The van der Waals surface area contributed by atoms with E-state index >= 15 is 0 Å². The van der Waals surface area contributed by atoms with Crippen molar-refractivity contribution < 1.29 is 24.8 Å². The van der Waals surface area contributed by atoms with E-state index in [0.717, 1.165) is 11.1 Å². The van der Waals surface area contributed by atoms with Gasteiger partial charge in [0, 0.05) is 0 Å². The molecule has 0 aliphatic heterocycles. The Morgan fingerprint density at radius 2 is 2.00 bits per heavy atom. The lowest BCUT2D eigenvalue weighted by Gasteiger charge is -2.08. The number of rotatable bonds is 4. The smallest absolute Gasteiger partial charge is 0.398 e. The van der Waals surface area contributed by atoms with E-state index in [9.17, 15) is 0 Å². The molecule has 0 saturated heterocycles. The van der Waals surface area contributed by atoms with Crippen LogP contribution in [-0.4, -0.2) is 17.6 Å². The first-order valence-corrected chi connectivity index (χ1v) is 4.03. The predicted octanol–water partition coefficient (Wildman–Crippen LogP) is 1.08. The molecule has 14 heavy (non-hydrogen) atoms. The van der Waals surface area contributed by atoms with Crippen LogP contribution in [0, 0.1) is 13.8 Å². The van der Waals surface area contributed by atoms with Crippen LogP contribution in [0.3, 0.4) is 0 Å². The number of hydrogen-bond donors (Lipinski definition) is 2. The van der Waals surface area contributed by atoms with Gasteiger partial charge in [-0.3, -0.25) is 5.26 Å². The van der Waals surface area contributed by atoms with E-state index in [1.54, 1.807) is 12.1 Å². The van der Waals surface area contributed by atoms with Gasteiger partial charge in [-0.25, -0.2) is 4.81 Å². The Balaban J connectivity index is 2.63. The van der Waals surface area contributed by atoms with Crippen LogP contribution < -0.4 is 4.89 Å². The van der Waals surface area contributed by atoms with E-state index in [4.69, 9.17) is 15.2 Å². The van der Waals surface area contributed by atoms with Crippen LogP contribution in [-0.2, 0) is 9.61 Å². The lowest BCUT2D eigenvalue weighted by Crippen LogP contribution is -2.23. The quantitative estimate of drug-likeness (QED) is 0.430. The zero-order valence-electron chi connectivity index (χ0n) is 7.93. The van der Waals surface area contributed by atoms with Gasteiger partial charge >= 0.3 is 7.32 Å². The van der Waals surface area contributed by atoms with Crippen molar-refractivity contribution in [2.75, 3.05) is 0 Å². The van der Waals surface area contributed by atoms with Gasteiger partial charge in [-0.1, -0.05) is 12.1 Å². The van der Waals surface area contributed by atoms with E-state index in [-0.39, 0.29) is 0 Å². The molecule has 5 nitrogen and oxygen atoms in total. The van der Waals surface area contributed by atoms with Crippen molar-refractivity contribution in [1.82, 2.24) is 0 Å². The Kier molecular flexibility index (Phi) is 3.90. The molecule has 0 atom stereocenters. The van der Waals surface area contributed by atoms with Crippen molar-refractivity contribution in [2.24, 2.45) is 0 Å². The van der Waals surface area contributed by atoms with Crippen molar-refractivity contribution in [3.8, 4) is 5.75 Å². The molecule has 0 saturated carbocycles. The minimum atomic E-state index is -1.81. The van der Waals surface area contributed by atoms with Gasteiger partial charge in [0.2, 0.25) is 0 Å². The van der Waals surface area contributed by atoms with Gasteiger partial charge in [0.05, 0.1) is 0 Å². The highest BCUT2D eigenvalue weighted by atomic mass is 17.3. The summed E-state index contributed by atoms with van der Waals surface area (Å²) < 4.78 is 0. The summed E-state index contributed by atoms with van der Waals surface area (Å²) >= 11 is 0. The minimum absolute atomic E-state index is 0.459. The van der Waals surface area contributed by atoms with E-state index in [2.05, 4.69) is 9.61 Å². The van der Waals surface area contributed by atoms with Crippen molar-refractivity contribution in [3.63, 3.8) is 0 Å². The average molecular weight is 198 g/mol. The van der Waals surface area contributed by atoms with Crippen LogP contribution in [0.25, 0.3) is 0 Å². The van der Waals surface area contributed by atoms with Gasteiger partial charge < -0.3 is 9.91 Å². The molecule has 1 aromatic rings. The zero-order valence-corrected chi connectivity index (χ0v) is 7.93. The monoisotopic (exact) mass is 198 g/mol. The molecule has 0 heterocycles. The number of benzene rings is 1. The molecule has 0 radical (unpaired) electrons. The molecular formula is C8H11BO5. The van der Waals surface area contributed by atoms with Gasteiger partial charge in [0.1, 0.15) is 0 Å². The van der Waals surface area contributed by atoms with Gasteiger partial charge in [-0.2, -0.15) is 4.81 Å². The molecular weight excluding hydrogens is 187 g/mol. The molecule has 0 aliphatic carbocycles. The fourth-order valence-electron chi connectivity index (χ4n) is 0.925. The molecule has 0 amide bonds. The molecule has 1 aromatic carbocycles. The Labute approximate surface area is 81.9 Å². The van der Waals surface area contributed by atoms with Gasteiger partial charge in [-0.15, -0.1) is 0 Å². The van der Waals surface area contributed by atoms with Crippen molar-refractivity contribution >= 4 is 7.32 Å². The largest absolute Gasteiger partial charge is 0.703 e. The second-order valence-electron chi connectivity index (χ2n) is 2.79. The maximum atomic E-state index is 8.66. The van der Waals surface area contributed by atoms with Crippen molar-refractivity contribution in [3.05, 3.63) is 29.3 Å². The summed E-state index contributed by atoms with van der Waals surface area (Å²) in [5, 5.41) is 16.6. The van der Waals surface area contributed by atoms with E-state index < -0.39 is 7.32 Å². The maximum Gasteiger partial charge on any atom is 0.703 e. The zero-order chi connectivity index (χ0) is 10.6. The molecule has 0 aliphatic rings. The number of aryl methyl sites for hydroxylation is 1. The molecule has 0 bridgehead atoms. The number of hydrogen-bond acceptors (Lipinski definition) is 5. The summed E-state index contributed by atoms with van der Waals surface area (Å²) in [6.07, 6.45) is 0. The standard InChI is InChI=1S/C8H11BO5/c1-6-4-3-5-8(7(6)2)12-14-9(10)13-11/h3-5,10-11H,1-2H3. The molecule has 0 aromatic heterocycles. The fourth-order valence-corrected chi connectivity index (χ4v) is 0.925. The molecule has 0 spiro atoms. The highest BCUT2D eigenvalue weighted by molar-refractivity contribution is 6.33. The molecule has 6 heteroatoms. The molecule has 1 rings (SSSR count). The third kappa shape index (κ3) is 2.71. The Hall–Kier alpha value is -1.08. The van der Waals surface area contributed by atoms with Gasteiger partial charge in [0.25, 0.3) is 0 Å². The Morgan fingerprint density at radius 1 is 1.29 bits per heavy atom. The maximum absolute atomic E-state index is 8.66. The van der Waals surface area contributed by atoms with Crippen LogP contribution in [0.1, 0.15) is 11.1 Å². The molecule has 0 unspecified atom stereocenters. The average Bonchev–Trinajstić information content (AvgIpc) is 2.20. The summed E-state index contributed by atoms with van der Waals surface area (Å²) in [5.74, 6) is 0.459. The minimum Gasteiger partial charge on any atom is -0.398 e. The first-order valence-electron chi connectivity index (χ1n) is 4.03. The molecule has 76 valence electrons. The van der Waals surface area contributed by atoms with Crippen LogP contribution in [0.5, 0.6) is 5.75 Å². The summed E-state index contributed by atoms with van der Waals surface area (Å²) in [7, 11) is -1.81. The second kappa shape index (κ2) is 4.97. The van der Waals surface area contributed by atoms with Gasteiger partial charge in [-0.05, 0) is 31.0 Å². The van der Waals surface area contributed by atoms with Crippen molar-refractivity contribution in [1.29, 1.82) is 0 Å². The lowest BCUT2D eigenvalue weighted by atomic mass is 10.1. The van der Waals surface area contributed by atoms with Crippen LogP contribution in [0.15, 0.2) is 18.2 Å². The SMILES string of the molecule is Cc1cccc(OOB(O)OO)c1C. The van der Waals surface area contributed by atoms with E-state index in [0.29, 0.717) is 5.75 Å². The second-order valence-corrected chi connectivity index (χ2v) is 2.79. The first-order chi connectivity index (χ1) is 6.65. The summed E-state index contributed by atoms with van der Waals surface area (Å²) in [5.41, 5.74) is 1.92. The Bertz CT molecular complexity index is 304. The Morgan fingerprint density at radius 3 is 2.64 bits per heavy atom. The first kappa shape index (κ1) is 11.0. The van der Waals surface area contributed by atoms with Gasteiger partial charge in [0.15, 0.2) is 5.75 Å². The fraction of sp³-hybridized carbons (Fsp3) is 0.250. The third-order valence-corrected chi connectivity index (χ3v) is 1.87. The summed E-state index contributed by atoms with van der Waals surface area (Å²) in [6, 6.07) is 5.38. The topological polar surface area (TPSA) is 68.2 Å². The van der Waals surface area contributed by atoms with Crippen LogP contribution >= 0.6 is 0 Å². The van der Waals surface area contributed by atoms with Crippen LogP contribution in [0.2, 0.25) is 0 Å². The summed E-state index contributed by atoms with van der Waals surface area (Å²) in [4.78, 5) is 12.5. The van der Waals surface area contributed by atoms with E-state index in [1.807, 2.05) is 19.9 Å². The predicted molar refractivity (Wildman–Crippen MR) is 49.3 cm³/mol. The highest BCUT2D eigenvalue weighted by Gasteiger charge is 2.18. The lowest BCUT2D eigenvalue weighted by molar-refractivity contribution is -0.229. The normalized spacial score (nSPS) is 10.0. The highest BCUT2D eigenvalue weighted by Crippen LogP contribution is 2.20. The van der Waals surface area contributed by atoms with Crippen molar-refractivity contribution in [2.45, 2.75) is 13.8 Å². The third-order valence-electron chi connectivity index (χ3n) is 1.87.